The van der Waals surface area contributed by atoms with E-state index in [1.165, 1.54) is 6.08 Å². The SMILES string of the molecule is C=CC1=C(C(=C)F)CCN(C(=O)C(F)(F)F)C1. The summed E-state index contributed by atoms with van der Waals surface area (Å²) in [7, 11) is 0. The molecule has 0 spiro atoms. The van der Waals surface area contributed by atoms with Gasteiger partial charge in [0.05, 0.1) is 0 Å². The molecule has 6 heteroatoms. The van der Waals surface area contributed by atoms with Gasteiger partial charge in [0.25, 0.3) is 0 Å². The molecule has 0 unspecified atom stereocenters. The van der Waals surface area contributed by atoms with Crippen LogP contribution in [0.3, 0.4) is 0 Å². The van der Waals surface area contributed by atoms with E-state index in [2.05, 4.69) is 13.2 Å². The van der Waals surface area contributed by atoms with Gasteiger partial charge in [0.1, 0.15) is 5.83 Å². The Labute approximate surface area is 95.9 Å². The molecule has 2 nitrogen and oxygen atoms in total. The van der Waals surface area contributed by atoms with Gasteiger partial charge >= 0.3 is 12.1 Å². The number of nitrogens with zero attached hydrogens (tertiary/aromatic N) is 1. The molecule has 0 saturated carbocycles. The molecule has 1 aliphatic heterocycles. The van der Waals surface area contributed by atoms with Crippen molar-refractivity contribution in [1.29, 1.82) is 0 Å². The minimum absolute atomic E-state index is 0.0124. The predicted octanol–water partition coefficient (Wildman–Crippen LogP) is 2.75. The lowest BCUT2D eigenvalue weighted by atomic mass is 9.99. The molecule has 0 N–H and O–H groups in total. The van der Waals surface area contributed by atoms with Crippen molar-refractivity contribution in [3.8, 4) is 0 Å². The number of allylic oxidation sites excluding steroid dienone is 1. The maximum atomic E-state index is 13.0. The number of amides is 1. The normalized spacial score (nSPS) is 17.1. The fourth-order valence-electron chi connectivity index (χ4n) is 1.64. The van der Waals surface area contributed by atoms with Crippen molar-refractivity contribution in [3.63, 3.8) is 0 Å². The molecule has 0 radical (unpaired) electrons. The average molecular weight is 249 g/mol. The number of alkyl halides is 3. The minimum Gasteiger partial charge on any atom is -0.330 e. The zero-order valence-corrected chi connectivity index (χ0v) is 8.98. The Hall–Kier alpha value is -1.59. The second-order valence-corrected chi connectivity index (χ2v) is 3.59. The number of hydrogen-bond donors (Lipinski definition) is 0. The zero-order chi connectivity index (χ0) is 13.2. The topological polar surface area (TPSA) is 20.3 Å². The van der Waals surface area contributed by atoms with Crippen molar-refractivity contribution in [3.05, 3.63) is 36.2 Å². The molecule has 1 aliphatic rings. The molecule has 0 fully saturated rings. The highest BCUT2D eigenvalue weighted by molar-refractivity contribution is 5.82. The van der Waals surface area contributed by atoms with Gasteiger partial charge in [-0.05, 0) is 17.6 Å². The van der Waals surface area contributed by atoms with E-state index in [9.17, 15) is 22.4 Å². The first-order valence-corrected chi connectivity index (χ1v) is 4.82. The summed E-state index contributed by atoms with van der Waals surface area (Å²) in [5.74, 6) is -2.61. The third kappa shape index (κ3) is 2.95. The van der Waals surface area contributed by atoms with Crippen LogP contribution >= 0.6 is 0 Å². The van der Waals surface area contributed by atoms with Crippen LogP contribution in [0.25, 0.3) is 0 Å². The molecule has 1 amide bonds. The van der Waals surface area contributed by atoms with E-state index in [1.54, 1.807) is 0 Å². The number of halogens is 4. The van der Waals surface area contributed by atoms with Gasteiger partial charge in [-0.1, -0.05) is 19.2 Å². The van der Waals surface area contributed by atoms with Crippen LogP contribution < -0.4 is 0 Å². The van der Waals surface area contributed by atoms with Crippen LogP contribution in [0, 0.1) is 0 Å². The maximum Gasteiger partial charge on any atom is 0.471 e. The van der Waals surface area contributed by atoms with Crippen LogP contribution in [-0.2, 0) is 4.79 Å². The first-order chi connectivity index (χ1) is 7.77. The van der Waals surface area contributed by atoms with Crippen molar-refractivity contribution in [1.82, 2.24) is 4.90 Å². The van der Waals surface area contributed by atoms with Crippen LogP contribution in [0.5, 0.6) is 0 Å². The maximum absolute atomic E-state index is 13.0. The molecular formula is C11H11F4NO. The second kappa shape index (κ2) is 4.73. The van der Waals surface area contributed by atoms with E-state index in [0.29, 0.717) is 4.90 Å². The Kier molecular flexibility index (Phi) is 3.75. The predicted molar refractivity (Wildman–Crippen MR) is 54.7 cm³/mol. The Morgan fingerprint density at radius 1 is 1.41 bits per heavy atom. The lowest BCUT2D eigenvalue weighted by Gasteiger charge is -2.29. The smallest absolute Gasteiger partial charge is 0.330 e. The summed E-state index contributed by atoms with van der Waals surface area (Å²) < 4.78 is 49.5. The summed E-state index contributed by atoms with van der Waals surface area (Å²) in [6, 6.07) is 0. The molecule has 0 aromatic carbocycles. The summed E-state index contributed by atoms with van der Waals surface area (Å²) in [6.45, 7) is 6.02. The van der Waals surface area contributed by atoms with Gasteiger partial charge in [0.15, 0.2) is 0 Å². The molecule has 94 valence electrons. The van der Waals surface area contributed by atoms with Crippen LogP contribution in [0.15, 0.2) is 36.2 Å². The van der Waals surface area contributed by atoms with Gasteiger partial charge in [0, 0.05) is 13.1 Å². The zero-order valence-electron chi connectivity index (χ0n) is 8.98. The fraction of sp³-hybridized carbons (Fsp3) is 0.364. The molecule has 0 aromatic heterocycles. The first kappa shape index (κ1) is 13.5. The quantitative estimate of drug-likeness (QED) is 0.689. The van der Waals surface area contributed by atoms with Gasteiger partial charge in [0.2, 0.25) is 0 Å². The summed E-state index contributed by atoms with van der Waals surface area (Å²) in [5, 5.41) is 0. The van der Waals surface area contributed by atoms with Gasteiger partial charge in [-0.15, -0.1) is 0 Å². The highest BCUT2D eigenvalue weighted by atomic mass is 19.4. The Bertz CT molecular complexity index is 395. The highest BCUT2D eigenvalue weighted by Gasteiger charge is 2.43. The average Bonchev–Trinajstić information content (AvgIpc) is 2.25. The molecule has 17 heavy (non-hydrogen) atoms. The van der Waals surface area contributed by atoms with Gasteiger partial charge in [-0.25, -0.2) is 4.39 Å². The molecular weight excluding hydrogens is 238 g/mol. The van der Waals surface area contributed by atoms with Crippen LogP contribution in [0.2, 0.25) is 0 Å². The van der Waals surface area contributed by atoms with Crippen LogP contribution in [-0.4, -0.2) is 30.1 Å². The monoisotopic (exact) mass is 249 g/mol. The lowest BCUT2D eigenvalue weighted by Crippen LogP contribution is -2.44. The van der Waals surface area contributed by atoms with Gasteiger partial charge < -0.3 is 4.90 Å². The van der Waals surface area contributed by atoms with E-state index in [4.69, 9.17) is 0 Å². The number of carbonyl (C=O) groups excluding carboxylic acids is 1. The number of carbonyl (C=O) groups is 1. The largest absolute Gasteiger partial charge is 0.471 e. The van der Waals surface area contributed by atoms with Crippen LogP contribution in [0.4, 0.5) is 17.6 Å². The Morgan fingerprint density at radius 3 is 2.41 bits per heavy atom. The van der Waals surface area contributed by atoms with E-state index < -0.39 is 17.9 Å². The second-order valence-electron chi connectivity index (χ2n) is 3.59. The van der Waals surface area contributed by atoms with Crippen LogP contribution in [0.1, 0.15) is 6.42 Å². The molecule has 0 atom stereocenters. The molecule has 1 rings (SSSR count). The van der Waals surface area contributed by atoms with E-state index in [1.807, 2.05) is 0 Å². The van der Waals surface area contributed by atoms with Crippen molar-refractivity contribution in [2.24, 2.45) is 0 Å². The van der Waals surface area contributed by atoms with E-state index >= 15 is 0 Å². The Morgan fingerprint density at radius 2 is 2.00 bits per heavy atom. The van der Waals surface area contributed by atoms with Crippen molar-refractivity contribution >= 4 is 5.91 Å². The number of hydrogen-bond acceptors (Lipinski definition) is 1. The van der Waals surface area contributed by atoms with Gasteiger partial charge in [-0.3, -0.25) is 4.79 Å². The summed E-state index contributed by atoms with van der Waals surface area (Å²) in [4.78, 5) is 11.6. The van der Waals surface area contributed by atoms with E-state index in [-0.39, 0.29) is 30.7 Å². The third-order valence-electron chi connectivity index (χ3n) is 2.48. The molecule has 0 aromatic rings. The Balaban J connectivity index is 2.92. The molecule has 0 saturated heterocycles. The standard InChI is InChI=1S/C11H11F4NO/c1-3-8-6-16(10(17)11(13,14)15)5-4-9(8)7(2)12/h3H,1-2,4-6H2. The van der Waals surface area contributed by atoms with Crippen molar-refractivity contribution in [2.45, 2.75) is 12.6 Å². The van der Waals surface area contributed by atoms with E-state index in [0.717, 1.165) is 0 Å². The lowest BCUT2D eigenvalue weighted by molar-refractivity contribution is -0.185. The summed E-state index contributed by atoms with van der Waals surface area (Å²) in [6.07, 6.45) is -3.65. The number of rotatable bonds is 2. The molecule has 0 bridgehead atoms. The third-order valence-corrected chi connectivity index (χ3v) is 2.48. The fourth-order valence-corrected chi connectivity index (χ4v) is 1.64. The molecule has 1 heterocycles. The van der Waals surface area contributed by atoms with Crippen molar-refractivity contribution < 1.29 is 22.4 Å². The first-order valence-electron chi connectivity index (χ1n) is 4.82. The highest BCUT2D eigenvalue weighted by Crippen LogP contribution is 2.28. The molecule has 0 aliphatic carbocycles. The van der Waals surface area contributed by atoms with Crippen molar-refractivity contribution in [2.75, 3.05) is 13.1 Å². The summed E-state index contributed by atoms with van der Waals surface area (Å²) >= 11 is 0. The minimum atomic E-state index is -4.91. The van der Waals surface area contributed by atoms with Gasteiger partial charge in [-0.2, -0.15) is 13.2 Å². The summed E-state index contributed by atoms with van der Waals surface area (Å²) in [5.41, 5.74) is 0.493.